The maximum atomic E-state index is 9.30. The minimum atomic E-state index is -0.106. The largest absolute Gasteiger partial charge is 0.391 e. The van der Waals surface area contributed by atoms with Crippen LogP contribution in [0.15, 0.2) is 0 Å². The van der Waals surface area contributed by atoms with E-state index in [1.54, 1.807) is 0 Å². The highest BCUT2D eigenvalue weighted by Gasteiger charge is 2.31. The molecule has 0 radical (unpaired) electrons. The molecule has 3 unspecified atom stereocenters. The SMILES string of the molecule is CC1C(O)CN(C)C1C. The Morgan fingerprint density at radius 2 is 2.00 bits per heavy atom. The first-order chi connectivity index (χ1) is 4.13. The lowest BCUT2D eigenvalue weighted by molar-refractivity contribution is 0.147. The third-order valence-corrected chi connectivity index (χ3v) is 2.54. The molecule has 54 valence electrons. The highest BCUT2D eigenvalue weighted by molar-refractivity contribution is 4.85. The Morgan fingerprint density at radius 3 is 2.11 bits per heavy atom. The zero-order valence-electron chi connectivity index (χ0n) is 6.33. The maximum Gasteiger partial charge on any atom is 0.0707 e. The number of hydrogen-bond donors (Lipinski definition) is 1. The molecule has 0 saturated carbocycles. The fraction of sp³-hybridized carbons (Fsp3) is 1.00. The molecule has 1 heterocycles. The summed E-state index contributed by atoms with van der Waals surface area (Å²) in [6.45, 7) is 5.09. The van der Waals surface area contributed by atoms with Crippen LogP contribution in [0.3, 0.4) is 0 Å². The fourth-order valence-corrected chi connectivity index (χ4v) is 1.35. The van der Waals surface area contributed by atoms with Gasteiger partial charge in [0.05, 0.1) is 6.10 Å². The van der Waals surface area contributed by atoms with Crippen LogP contribution in [-0.4, -0.2) is 35.7 Å². The van der Waals surface area contributed by atoms with Crippen molar-refractivity contribution in [2.45, 2.75) is 26.0 Å². The van der Waals surface area contributed by atoms with Crippen molar-refractivity contribution in [2.24, 2.45) is 5.92 Å². The van der Waals surface area contributed by atoms with Gasteiger partial charge in [0.15, 0.2) is 0 Å². The Kier molecular flexibility index (Phi) is 1.78. The zero-order chi connectivity index (χ0) is 7.02. The second-order valence-corrected chi connectivity index (χ2v) is 3.11. The molecule has 0 bridgehead atoms. The van der Waals surface area contributed by atoms with Crippen LogP contribution in [0, 0.1) is 5.92 Å². The smallest absolute Gasteiger partial charge is 0.0707 e. The van der Waals surface area contributed by atoms with Crippen molar-refractivity contribution < 1.29 is 5.11 Å². The van der Waals surface area contributed by atoms with E-state index in [-0.39, 0.29) is 6.10 Å². The molecule has 1 rings (SSSR count). The molecular weight excluding hydrogens is 114 g/mol. The monoisotopic (exact) mass is 129 g/mol. The second kappa shape index (κ2) is 2.27. The molecule has 0 aromatic heterocycles. The molecule has 9 heavy (non-hydrogen) atoms. The molecule has 0 aromatic rings. The number of rotatable bonds is 0. The molecule has 2 nitrogen and oxygen atoms in total. The summed E-state index contributed by atoms with van der Waals surface area (Å²) in [4.78, 5) is 2.19. The third-order valence-electron chi connectivity index (χ3n) is 2.54. The number of aliphatic hydroxyl groups is 1. The average Bonchev–Trinajstić information content (AvgIpc) is 1.98. The predicted octanol–water partition coefficient (Wildman–Crippen LogP) is 0.317. The minimum absolute atomic E-state index is 0.106. The van der Waals surface area contributed by atoms with Gasteiger partial charge < -0.3 is 10.0 Å². The molecule has 0 spiro atoms. The van der Waals surface area contributed by atoms with E-state index in [4.69, 9.17) is 0 Å². The molecule has 1 aliphatic rings. The number of likely N-dealkylation sites (N-methyl/N-ethyl adjacent to an activating group) is 1. The average molecular weight is 129 g/mol. The summed E-state index contributed by atoms with van der Waals surface area (Å²) in [7, 11) is 2.05. The van der Waals surface area contributed by atoms with Crippen LogP contribution < -0.4 is 0 Å². The minimum Gasteiger partial charge on any atom is -0.391 e. The molecule has 1 N–H and O–H groups in total. The lowest BCUT2D eigenvalue weighted by Crippen LogP contribution is -2.24. The Morgan fingerprint density at radius 1 is 1.44 bits per heavy atom. The first-order valence-corrected chi connectivity index (χ1v) is 3.51. The van der Waals surface area contributed by atoms with Crippen molar-refractivity contribution in [3.8, 4) is 0 Å². The Labute approximate surface area is 56.5 Å². The van der Waals surface area contributed by atoms with Gasteiger partial charge in [-0.1, -0.05) is 6.92 Å². The van der Waals surface area contributed by atoms with E-state index in [9.17, 15) is 5.11 Å². The number of likely N-dealkylation sites (tertiary alicyclic amines) is 1. The van der Waals surface area contributed by atoms with Crippen LogP contribution in [0.1, 0.15) is 13.8 Å². The van der Waals surface area contributed by atoms with E-state index in [0.29, 0.717) is 12.0 Å². The van der Waals surface area contributed by atoms with Gasteiger partial charge >= 0.3 is 0 Å². The Bertz CT molecular complexity index is 93.1. The molecule has 3 atom stereocenters. The maximum absolute atomic E-state index is 9.30. The van der Waals surface area contributed by atoms with Gasteiger partial charge in [-0.3, -0.25) is 0 Å². The van der Waals surface area contributed by atoms with Crippen molar-refractivity contribution in [1.29, 1.82) is 0 Å². The van der Waals surface area contributed by atoms with Gasteiger partial charge in [0, 0.05) is 12.6 Å². The molecule has 0 aliphatic carbocycles. The molecule has 1 aliphatic heterocycles. The summed E-state index contributed by atoms with van der Waals surface area (Å²) in [5, 5.41) is 9.30. The molecule has 0 amide bonds. The van der Waals surface area contributed by atoms with Gasteiger partial charge in [-0.15, -0.1) is 0 Å². The number of hydrogen-bond acceptors (Lipinski definition) is 2. The van der Waals surface area contributed by atoms with Crippen LogP contribution in [0.25, 0.3) is 0 Å². The number of β-amino-alcohol motifs (C(OH)–C–C–N with tert-alkyl or cyclic N) is 1. The first kappa shape index (κ1) is 7.03. The highest BCUT2D eigenvalue weighted by atomic mass is 16.3. The van der Waals surface area contributed by atoms with Gasteiger partial charge in [0.25, 0.3) is 0 Å². The highest BCUT2D eigenvalue weighted by Crippen LogP contribution is 2.21. The number of aliphatic hydroxyl groups excluding tert-OH is 1. The standard InChI is InChI=1S/C7H15NO/c1-5-6(2)8(3)4-7(5)9/h5-7,9H,4H2,1-3H3. The van der Waals surface area contributed by atoms with E-state index in [1.807, 2.05) is 0 Å². The van der Waals surface area contributed by atoms with Gasteiger partial charge in [0.1, 0.15) is 0 Å². The quantitative estimate of drug-likeness (QED) is 0.509. The zero-order valence-corrected chi connectivity index (χ0v) is 6.33. The Balaban J connectivity index is 2.54. The molecule has 1 fully saturated rings. The summed E-state index contributed by atoms with van der Waals surface area (Å²) in [5.41, 5.74) is 0. The summed E-state index contributed by atoms with van der Waals surface area (Å²) < 4.78 is 0. The van der Waals surface area contributed by atoms with Crippen molar-refractivity contribution in [3.63, 3.8) is 0 Å². The normalized spacial score (nSPS) is 46.0. The summed E-state index contributed by atoms with van der Waals surface area (Å²) in [5.74, 6) is 0.440. The van der Waals surface area contributed by atoms with E-state index in [1.165, 1.54) is 0 Å². The molecule has 2 heteroatoms. The van der Waals surface area contributed by atoms with Crippen molar-refractivity contribution in [3.05, 3.63) is 0 Å². The van der Waals surface area contributed by atoms with Crippen molar-refractivity contribution >= 4 is 0 Å². The first-order valence-electron chi connectivity index (χ1n) is 3.51. The summed E-state index contributed by atoms with van der Waals surface area (Å²) in [6, 6.07) is 0.542. The predicted molar refractivity (Wildman–Crippen MR) is 37.3 cm³/mol. The van der Waals surface area contributed by atoms with Gasteiger partial charge in [-0.05, 0) is 19.9 Å². The third kappa shape index (κ3) is 1.10. The van der Waals surface area contributed by atoms with E-state index < -0.39 is 0 Å². The van der Waals surface area contributed by atoms with Crippen molar-refractivity contribution in [2.75, 3.05) is 13.6 Å². The van der Waals surface area contributed by atoms with Crippen LogP contribution >= 0.6 is 0 Å². The number of nitrogens with zero attached hydrogens (tertiary/aromatic N) is 1. The second-order valence-electron chi connectivity index (χ2n) is 3.11. The van der Waals surface area contributed by atoms with Crippen LogP contribution in [0.4, 0.5) is 0 Å². The topological polar surface area (TPSA) is 23.5 Å². The molecule has 1 saturated heterocycles. The van der Waals surface area contributed by atoms with Crippen LogP contribution in [0.5, 0.6) is 0 Å². The van der Waals surface area contributed by atoms with E-state index in [2.05, 4.69) is 25.8 Å². The van der Waals surface area contributed by atoms with Crippen LogP contribution in [0.2, 0.25) is 0 Å². The lowest BCUT2D eigenvalue weighted by Gasteiger charge is -2.16. The summed E-state index contributed by atoms with van der Waals surface area (Å²) >= 11 is 0. The van der Waals surface area contributed by atoms with E-state index >= 15 is 0 Å². The molecule has 0 aromatic carbocycles. The molecular formula is C7H15NO. The van der Waals surface area contributed by atoms with Crippen molar-refractivity contribution in [1.82, 2.24) is 4.90 Å². The summed E-state index contributed by atoms with van der Waals surface area (Å²) in [6.07, 6.45) is -0.106. The van der Waals surface area contributed by atoms with Gasteiger partial charge in [-0.2, -0.15) is 0 Å². The lowest BCUT2D eigenvalue weighted by atomic mass is 10.0. The fourth-order valence-electron chi connectivity index (χ4n) is 1.35. The Hall–Kier alpha value is -0.0800. The van der Waals surface area contributed by atoms with E-state index in [0.717, 1.165) is 6.54 Å². The van der Waals surface area contributed by atoms with Crippen LogP contribution in [-0.2, 0) is 0 Å². The van der Waals surface area contributed by atoms with Gasteiger partial charge in [-0.25, -0.2) is 0 Å². The van der Waals surface area contributed by atoms with Gasteiger partial charge in [0.2, 0.25) is 0 Å².